The van der Waals surface area contributed by atoms with Gasteiger partial charge in [0.1, 0.15) is 11.5 Å². The van der Waals surface area contributed by atoms with Crippen LogP contribution in [-0.2, 0) is 10.0 Å². The summed E-state index contributed by atoms with van der Waals surface area (Å²) in [6.45, 7) is 1.88. The van der Waals surface area contributed by atoms with Crippen LogP contribution in [0.4, 0.5) is 0 Å². The lowest BCUT2D eigenvalue weighted by atomic mass is 9.88. The first-order valence-electron chi connectivity index (χ1n) is 7.08. The Morgan fingerprint density at radius 2 is 2.24 bits per heavy atom. The van der Waals surface area contributed by atoms with E-state index in [-0.39, 0.29) is 17.5 Å². The maximum absolute atomic E-state index is 12.4. The highest BCUT2D eigenvalue weighted by molar-refractivity contribution is 7.89. The van der Waals surface area contributed by atoms with Gasteiger partial charge in [0.2, 0.25) is 10.0 Å². The Morgan fingerprint density at radius 3 is 2.95 bits per heavy atom. The van der Waals surface area contributed by atoms with E-state index in [1.165, 1.54) is 18.5 Å². The Labute approximate surface area is 125 Å². The monoisotopic (exact) mass is 308 g/mol. The Balaban J connectivity index is 2.15. The fraction of sp³-hybridized carbons (Fsp3) is 0.533. The highest BCUT2D eigenvalue weighted by Crippen LogP contribution is 2.24. The Hall–Kier alpha value is -1.42. The second-order valence-corrected chi connectivity index (χ2v) is 7.17. The standard InChI is InChI=1S/C15H20N2O3S/c1-12-4-2-6-14(8-12)17-21(19,20)15-9-13(5-3-7-18)10-16-11-15/h9-12,14,17-18H,2,4,6-8H2,1H3. The summed E-state index contributed by atoms with van der Waals surface area (Å²) < 4.78 is 27.5. The number of nitrogens with one attached hydrogen (secondary N) is 1. The molecule has 1 aliphatic carbocycles. The number of aliphatic hydroxyl groups excluding tert-OH is 1. The minimum Gasteiger partial charge on any atom is -0.384 e. The molecule has 5 nitrogen and oxygen atoms in total. The summed E-state index contributed by atoms with van der Waals surface area (Å²) in [4.78, 5) is 4.02. The summed E-state index contributed by atoms with van der Waals surface area (Å²) in [5, 5.41) is 8.67. The van der Waals surface area contributed by atoms with Gasteiger partial charge >= 0.3 is 0 Å². The van der Waals surface area contributed by atoms with Crippen LogP contribution in [0.25, 0.3) is 0 Å². The SMILES string of the molecule is CC1CCCC(NS(=O)(=O)c2cncc(C#CCO)c2)C1. The summed E-state index contributed by atoms with van der Waals surface area (Å²) >= 11 is 0. The molecule has 1 aromatic rings. The molecule has 114 valence electrons. The number of rotatable bonds is 3. The van der Waals surface area contributed by atoms with Gasteiger partial charge in [-0.3, -0.25) is 4.98 Å². The van der Waals surface area contributed by atoms with E-state index in [1.807, 2.05) is 0 Å². The Morgan fingerprint density at radius 1 is 1.43 bits per heavy atom. The summed E-state index contributed by atoms with van der Waals surface area (Å²) in [5.41, 5.74) is 0.476. The van der Waals surface area contributed by atoms with Crippen molar-refractivity contribution in [2.24, 2.45) is 5.92 Å². The third kappa shape index (κ3) is 4.53. The van der Waals surface area contributed by atoms with E-state index >= 15 is 0 Å². The van der Waals surface area contributed by atoms with Crippen molar-refractivity contribution in [2.45, 2.75) is 43.5 Å². The number of sulfonamides is 1. The fourth-order valence-electron chi connectivity index (χ4n) is 2.60. The van der Waals surface area contributed by atoms with E-state index in [4.69, 9.17) is 5.11 Å². The zero-order valence-electron chi connectivity index (χ0n) is 12.0. The third-order valence-corrected chi connectivity index (χ3v) is 5.08. The molecular formula is C15H20N2O3S. The lowest BCUT2D eigenvalue weighted by molar-refractivity contribution is 0.327. The molecule has 1 saturated carbocycles. The van der Waals surface area contributed by atoms with Gasteiger partial charge in [0.15, 0.2) is 0 Å². The highest BCUT2D eigenvalue weighted by Gasteiger charge is 2.24. The van der Waals surface area contributed by atoms with Crippen molar-refractivity contribution in [2.75, 3.05) is 6.61 Å². The number of aliphatic hydroxyl groups is 1. The van der Waals surface area contributed by atoms with Crippen molar-refractivity contribution in [1.82, 2.24) is 9.71 Å². The second kappa shape index (κ2) is 7.03. The zero-order valence-corrected chi connectivity index (χ0v) is 12.9. The lowest BCUT2D eigenvalue weighted by Gasteiger charge is -2.27. The van der Waals surface area contributed by atoms with Gasteiger partial charge < -0.3 is 5.11 Å². The van der Waals surface area contributed by atoms with Crippen molar-refractivity contribution >= 4 is 10.0 Å². The molecule has 0 aromatic carbocycles. The van der Waals surface area contributed by atoms with Gasteiger partial charge in [-0.05, 0) is 24.8 Å². The molecule has 2 rings (SSSR count). The zero-order chi connectivity index (χ0) is 15.3. The molecule has 21 heavy (non-hydrogen) atoms. The molecule has 0 amide bonds. The van der Waals surface area contributed by atoms with Crippen LogP contribution in [0, 0.1) is 17.8 Å². The van der Waals surface area contributed by atoms with Crippen molar-refractivity contribution in [3.63, 3.8) is 0 Å². The van der Waals surface area contributed by atoms with Gasteiger partial charge in [0.05, 0.1) is 0 Å². The van der Waals surface area contributed by atoms with Gasteiger partial charge in [-0.25, -0.2) is 13.1 Å². The molecule has 1 aromatic heterocycles. The van der Waals surface area contributed by atoms with E-state index in [0.717, 1.165) is 25.7 Å². The molecule has 1 heterocycles. The quantitative estimate of drug-likeness (QED) is 0.825. The first-order chi connectivity index (χ1) is 10.0. The van der Waals surface area contributed by atoms with Crippen molar-refractivity contribution in [3.05, 3.63) is 24.0 Å². The number of nitrogens with zero attached hydrogens (tertiary/aromatic N) is 1. The van der Waals surface area contributed by atoms with Gasteiger partial charge in [-0.15, -0.1) is 0 Å². The molecule has 0 bridgehead atoms. The van der Waals surface area contributed by atoms with Crippen molar-refractivity contribution in [3.8, 4) is 11.8 Å². The van der Waals surface area contributed by atoms with Crippen molar-refractivity contribution in [1.29, 1.82) is 0 Å². The number of pyridine rings is 1. The van der Waals surface area contributed by atoms with Crippen LogP contribution in [0.15, 0.2) is 23.4 Å². The van der Waals surface area contributed by atoms with Crippen LogP contribution < -0.4 is 4.72 Å². The third-order valence-electron chi connectivity index (χ3n) is 3.59. The van der Waals surface area contributed by atoms with Gasteiger partial charge in [-0.2, -0.15) is 0 Å². The molecule has 1 fully saturated rings. The molecule has 0 spiro atoms. The summed E-state index contributed by atoms with van der Waals surface area (Å²) in [7, 11) is -3.57. The van der Waals surface area contributed by atoms with E-state index in [2.05, 4.69) is 28.5 Å². The van der Waals surface area contributed by atoms with Crippen LogP contribution in [0.1, 0.15) is 38.2 Å². The average molecular weight is 308 g/mol. The van der Waals surface area contributed by atoms with Crippen LogP contribution in [0.2, 0.25) is 0 Å². The molecule has 2 unspecified atom stereocenters. The molecule has 2 atom stereocenters. The van der Waals surface area contributed by atoms with Gasteiger partial charge in [-0.1, -0.05) is 31.6 Å². The first-order valence-corrected chi connectivity index (χ1v) is 8.56. The minimum atomic E-state index is -3.57. The van der Waals surface area contributed by atoms with Crippen molar-refractivity contribution < 1.29 is 13.5 Å². The minimum absolute atomic E-state index is 0.00840. The molecule has 0 radical (unpaired) electrons. The molecule has 1 aliphatic rings. The lowest BCUT2D eigenvalue weighted by Crippen LogP contribution is -2.38. The Kier molecular flexibility index (Phi) is 5.34. The van der Waals surface area contributed by atoms with Gasteiger partial charge in [0.25, 0.3) is 0 Å². The van der Waals surface area contributed by atoms with Crippen LogP contribution in [0.5, 0.6) is 0 Å². The molecular weight excluding hydrogens is 288 g/mol. The normalized spacial score (nSPS) is 22.4. The Bertz CT molecular complexity index is 646. The van der Waals surface area contributed by atoms with E-state index in [1.54, 1.807) is 0 Å². The average Bonchev–Trinajstić information content (AvgIpc) is 2.45. The summed E-state index contributed by atoms with van der Waals surface area (Å²) in [6.07, 6.45) is 6.75. The van der Waals surface area contributed by atoms with E-state index < -0.39 is 10.0 Å². The molecule has 6 heteroatoms. The van der Waals surface area contributed by atoms with Gasteiger partial charge in [0, 0.05) is 24.0 Å². The van der Waals surface area contributed by atoms with Crippen LogP contribution in [-0.4, -0.2) is 31.2 Å². The number of hydrogen-bond donors (Lipinski definition) is 2. The summed E-state index contributed by atoms with van der Waals surface area (Å²) in [5.74, 6) is 5.69. The van der Waals surface area contributed by atoms with E-state index in [9.17, 15) is 8.42 Å². The highest BCUT2D eigenvalue weighted by atomic mass is 32.2. The number of aromatic nitrogens is 1. The smallest absolute Gasteiger partial charge is 0.242 e. The van der Waals surface area contributed by atoms with Crippen LogP contribution >= 0.6 is 0 Å². The topological polar surface area (TPSA) is 79.3 Å². The predicted octanol–water partition coefficient (Wildman–Crippen LogP) is 1.28. The predicted molar refractivity (Wildman–Crippen MR) is 79.9 cm³/mol. The van der Waals surface area contributed by atoms with Crippen LogP contribution in [0.3, 0.4) is 0 Å². The molecule has 2 N–H and O–H groups in total. The fourth-order valence-corrected chi connectivity index (χ4v) is 3.88. The summed E-state index contributed by atoms with van der Waals surface area (Å²) in [6, 6.07) is 1.47. The number of hydrogen-bond acceptors (Lipinski definition) is 4. The maximum atomic E-state index is 12.4. The van der Waals surface area contributed by atoms with E-state index in [0.29, 0.717) is 11.5 Å². The largest absolute Gasteiger partial charge is 0.384 e. The molecule has 0 aliphatic heterocycles. The second-order valence-electron chi connectivity index (χ2n) is 5.46. The maximum Gasteiger partial charge on any atom is 0.242 e. The first kappa shape index (κ1) is 16.0. The molecule has 0 saturated heterocycles.